The number of fused-ring (bicyclic) bond motifs is 2. The zero-order valence-corrected chi connectivity index (χ0v) is 16.5. The second-order valence-corrected chi connectivity index (χ2v) is 7.22. The van der Waals surface area contributed by atoms with Gasteiger partial charge in [0.15, 0.2) is 10.2 Å². The normalized spacial score (nSPS) is 10.8. The topological polar surface area (TPSA) is 182 Å². The van der Waals surface area contributed by atoms with E-state index in [4.69, 9.17) is 25.5 Å². The van der Waals surface area contributed by atoms with E-state index in [2.05, 4.69) is 9.97 Å². The Morgan fingerprint density at radius 1 is 0.719 bits per heavy atom. The van der Waals surface area contributed by atoms with Gasteiger partial charge in [-0.2, -0.15) is 31.6 Å². The van der Waals surface area contributed by atoms with Crippen LogP contribution in [0, 0.1) is 78.2 Å². The fourth-order valence-electron chi connectivity index (χ4n) is 3.02. The Labute approximate surface area is 182 Å². The lowest BCUT2D eigenvalue weighted by molar-refractivity contribution is 0.563. The predicted molar refractivity (Wildman–Crippen MR) is 109 cm³/mol. The first-order chi connectivity index (χ1) is 15.6. The Hall–Kier alpha value is -5.52. The number of oxazole rings is 1. The molecule has 0 aliphatic heterocycles. The number of hydrogen-bond donors (Lipinski definition) is 0. The van der Waals surface area contributed by atoms with Gasteiger partial charge in [0.25, 0.3) is 5.55 Å². The second kappa shape index (κ2) is 7.72. The van der Waals surface area contributed by atoms with E-state index in [0.717, 1.165) is 0 Å². The third kappa shape index (κ3) is 3.05. The molecule has 0 saturated carbocycles. The molecule has 0 atom stereocenters. The summed E-state index contributed by atoms with van der Waals surface area (Å²) in [5, 5.41) is 55.7. The molecule has 0 N–H and O–H groups in total. The minimum atomic E-state index is -0.222. The first-order valence-corrected chi connectivity index (χ1v) is 9.43. The summed E-state index contributed by atoms with van der Waals surface area (Å²) in [6.07, 6.45) is 0. The van der Waals surface area contributed by atoms with Crippen molar-refractivity contribution in [2.45, 2.75) is 0 Å². The average molecular weight is 428 g/mol. The van der Waals surface area contributed by atoms with E-state index in [1.54, 1.807) is 30.3 Å². The second-order valence-electron chi connectivity index (χ2n) is 6.19. The lowest BCUT2D eigenvalue weighted by Crippen LogP contribution is -2.09. The van der Waals surface area contributed by atoms with Crippen molar-refractivity contribution < 1.29 is 4.42 Å². The van der Waals surface area contributed by atoms with E-state index >= 15 is 0 Å². The summed E-state index contributed by atoms with van der Waals surface area (Å²) in [7, 11) is 0. The number of nitriles is 6. The van der Waals surface area contributed by atoms with Crippen molar-refractivity contribution in [3.05, 3.63) is 56.0 Å². The highest BCUT2D eigenvalue weighted by Gasteiger charge is 2.11. The number of thiazole rings is 1. The van der Waals surface area contributed by atoms with Crippen LogP contribution in [-0.2, 0) is 0 Å². The maximum Gasteiger partial charge on any atom is 0.256 e. The number of benzene rings is 2. The minimum Gasteiger partial charge on any atom is -0.434 e. The van der Waals surface area contributed by atoms with Gasteiger partial charge in [-0.3, -0.25) is 0 Å². The van der Waals surface area contributed by atoms with Gasteiger partial charge in [0, 0.05) is 10.4 Å². The molecule has 0 amide bonds. The van der Waals surface area contributed by atoms with Gasteiger partial charge >= 0.3 is 0 Å². The fraction of sp³-hybridized carbons (Fsp3) is 0. The molecule has 0 saturated heterocycles. The Morgan fingerprint density at radius 3 is 1.84 bits per heavy atom. The smallest absolute Gasteiger partial charge is 0.256 e. The molecule has 9 nitrogen and oxygen atoms in total. The standard InChI is InChI=1S/C22H4N8OS/c23-5-11-1-17-19(3-15(11)13(7-25)8-26)31-21(29-17)22-30-18-2-12(6-24)16(4-20(18)32-22)14(9-27)10-28/h1-4H/b22-21+. The zero-order chi connectivity index (χ0) is 22.8. The Morgan fingerprint density at radius 2 is 1.28 bits per heavy atom. The summed E-state index contributed by atoms with van der Waals surface area (Å²) in [5.41, 5.74) is 1.06. The highest BCUT2D eigenvalue weighted by molar-refractivity contribution is 7.16. The summed E-state index contributed by atoms with van der Waals surface area (Å²) in [5.74, 6) is 0. The molecular formula is C22H4N8OS. The van der Waals surface area contributed by atoms with Gasteiger partial charge in [-0.25, -0.2) is 9.97 Å². The maximum absolute atomic E-state index is 9.39. The van der Waals surface area contributed by atoms with Crippen molar-refractivity contribution in [3.63, 3.8) is 0 Å². The van der Waals surface area contributed by atoms with Gasteiger partial charge in [0.1, 0.15) is 40.9 Å². The van der Waals surface area contributed by atoms with Gasteiger partial charge in [0.2, 0.25) is 0 Å². The van der Waals surface area contributed by atoms with E-state index in [0.29, 0.717) is 20.4 Å². The number of rotatable bonds is 0. The third-order valence-electron chi connectivity index (χ3n) is 4.47. The van der Waals surface area contributed by atoms with Crippen molar-refractivity contribution in [1.82, 2.24) is 9.97 Å². The molecule has 10 heteroatoms. The summed E-state index contributed by atoms with van der Waals surface area (Å²) in [6, 6.07) is 16.8. The maximum atomic E-state index is 9.39. The van der Waals surface area contributed by atoms with Crippen molar-refractivity contribution >= 4 is 43.8 Å². The van der Waals surface area contributed by atoms with E-state index < -0.39 is 0 Å². The summed E-state index contributed by atoms with van der Waals surface area (Å²) in [6.45, 7) is 0. The van der Waals surface area contributed by atoms with Crippen LogP contribution in [0.4, 0.5) is 0 Å². The number of hydrogen-bond acceptors (Lipinski definition) is 10. The molecule has 2 heterocycles. The summed E-state index contributed by atoms with van der Waals surface area (Å²) < 4.78 is 6.75. The van der Waals surface area contributed by atoms with Crippen molar-refractivity contribution in [2.75, 3.05) is 0 Å². The molecule has 0 aliphatic carbocycles. The van der Waals surface area contributed by atoms with Crippen LogP contribution in [0.5, 0.6) is 0 Å². The predicted octanol–water partition coefficient (Wildman–Crippen LogP) is 1.86. The van der Waals surface area contributed by atoms with Crippen molar-refractivity contribution in [3.8, 4) is 36.4 Å². The molecule has 144 valence electrons. The highest BCUT2D eigenvalue weighted by atomic mass is 32.1. The molecule has 0 unspecified atom stereocenters. The summed E-state index contributed by atoms with van der Waals surface area (Å²) in [4.78, 5) is 8.78. The third-order valence-corrected chi connectivity index (χ3v) is 5.47. The minimum absolute atomic E-state index is 0.110. The van der Waals surface area contributed by atoms with Gasteiger partial charge in [-0.05, 0) is 24.3 Å². The van der Waals surface area contributed by atoms with Crippen LogP contribution in [0.1, 0.15) is 11.1 Å². The van der Waals surface area contributed by atoms with Gasteiger partial charge in [-0.1, -0.05) is 0 Å². The van der Waals surface area contributed by atoms with E-state index in [1.807, 2.05) is 12.1 Å². The van der Waals surface area contributed by atoms with Gasteiger partial charge in [-0.15, -0.1) is 11.3 Å². The summed E-state index contributed by atoms with van der Waals surface area (Å²) >= 11 is 1.18. The molecule has 4 aromatic rings. The number of aromatic nitrogens is 2. The van der Waals surface area contributed by atoms with Crippen molar-refractivity contribution in [2.24, 2.45) is 0 Å². The molecule has 0 fully saturated rings. The van der Waals surface area contributed by atoms with Crippen molar-refractivity contribution in [1.29, 1.82) is 31.6 Å². The van der Waals surface area contributed by atoms with Crippen LogP contribution in [0.3, 0.4) is 0 Å². The van der Waals surface area contributed by atoms with Crippen LogP contribution in [0.2, 0.25) is 0 Å². The molecule has 0 radical (unpaired) electrons. The first kappa shape index (κ1) is 19.8. The quantitative estimate of drug-likeness (QED) is 0.403. The Kier molecular flexibility index (Phi) is 4.77. The van der Waals surface area contributed by atoms with Gasteiger partial charge < -0.3 is 4.42 Å². The molecule has 0 bridgehead atoms. The van der Waals surface area contributed by atoms with Crippen LogP contribution in [0.15, 0.2) is 28.7 Å². The first-order valence-electron chi connectivity index (χ1n) is 8.61. The zero-order valence-electron chi connectivity index (χ0n) is 15.7. The lowest BCUT2D eigenvalue weighted by atomic mass is 10.1. The Balaban J connectivity index is 2.11. The molecular weight excluding hydrogens is 424 g/mol. The molecule has 2 aromatic carbocycles. The average Bonchev–Trinajstić information content (AvgIpc) is 3.42. The molecule has 32 heavy (non-hydrogen) atoms. The molecule has 2 aromatic heterocycles. The highest BCUT2D eigenvalue weighted by Crippen LogP contribution is 2.21. The largest absolute Gasteiger partial charge is 0.434 e. The monoisotopic (exact) mass is 428 g/mol. The van der Waals surface area contributed by atoms with Crippen LogP contribution >= 0.6 is 11.3 Å². The lowest BCUT2D eigenvalue weighted by Gasteiger charge is -1.92. The van der Waals surface area contributed by atoms with E-state index in [9.17, 15) is 10.5 Å². The van der Waals surface area contributed by atoms with Crippen LogP contribution < -0.4 is 10.4 Å². The SMILES string of the molecule is N#CC(C#N)=c1cc2o/c(=c3\nc4cc(C#N)c(=C(C#N)C#N)cc4s3)nc2cc1C#N. The van der Waals surface area contributed by atoms with Crippen LogP contribution in [0.25, 0.3) is 32.5 Å². The fourth-order valence-corrected chi connectivity index (χ4v) is 3.93. The van der Waals surface area contributed by atoms with Gasteiger partial charge in [0.05, 0.1) is 33.5 Å². The van der Waals surface area contributed by atoms with Crippen LogP contribution in [-0.4, -0.2) is 9.97 Å². The molecule has 4 rings (SSSR count). The molecule has 0 spiro atoms. The van der Waals surface area contributed by atoms with E-state index in [-0.39, 0.29) is 43.8 Å². The number of nitrogens with zero attached hydrogens (tertiary/aromatic N) is 8. The Bertz CT molecular complexity index is 1780. The molecule has 0 aliphatic rings. The van der Waals surface area contributed by atoms with E-state index in [1.165, 1.54) is 29.5 Å².